The van der Waals surface area contributed by atoms with Gasteiger partial charge in [0.2, 0.25) is 5.91 Å². The zero-order valence-corrected chi connectivity index (χ0v) is 12.6. The van der Waals surface area contributed by atoms with Gasteiger partial charge in [0.25, 0.3) is 0 Å². The highest BCUT2D eigenvalue weighted by Crippen LogP contribution is 2.47. The summed E-state index contributed by atoms with van der Waals surface area (Å²) in [6.45, 7) is 1.74. The van der Waals surface area contributed by atoms with Crippen molar-refractivity contribution >= 4 is 5.91 Å². The normalized spacial score (nSPS) is 35.1. The van der Waals surface area contributed by atoms with Crippen LogP contribution in [0.15, 0.2) is 0 Å². The van der Waals surface area contributed by atoms with E-state index in [0.717, 1.165) is 26.0 Å². The number of carbonyl (C=O) groups is 1. The van der Waals surface area contributed by atoms with Crippen molar-refractivity contribution in [2.24, 2.45) is 5.41 Å². The number of carbonyl (C=O) groups excluding carboxylic acids is 1. The van der Waals surface area contributed by atoms with Crippen LogP contribution in [-0.2, 0) is 9.53 Å². The number of methoxy groups -OCH3 is 1. The SMILES string of the molecule is COCCC[C@]1(N(C)C)CC[C@@]2(CC1)CNC(=O)C2. The second-order valence-electron chi connectivity index (χ2n) is 6.67. The lowest BCUT2D eigenvalue weighted by Crippen LogP contribution is -2.49. The average molecular weight is 268 g/mol. The van der Waals surface area contributed by atoms with Crippen molar-refractivity contribution in [2.75, 3.05) is 34.4 Å². The minimum absolute atomic E-state index is 0.247. The fourth-order valence-electron chi connectivity index (χ4n) is 3.82. The molecule has 0 aromatic carbocycles. The van der Waals surface area contributed by atoms with Crippen molar-refractivity contribution in [1.82, 2.24) is 10.2 Å². The van der Waals surface area contributed by atoms with E-state index in [2.05, 4.69) is 24.3 Å². The van der Waals surface area contributed by atoms with E-state index in [1.54, 1.807) is 7.11 Å². The molecule has 1 amide bonds. The van der Waals surface area contributed by atoms with Gasteiger partial charge in [-0.2, -0.15) is 0 Å². The Bertz CT molecular complexity index is 320. The van der Waals surface area contributed by atoms with Gasteiger partial charge in [-0.05, 0) is 58.0 Å². The van der Waals surface area contributed by atoms with E-state index in [0.29, 0.717) is 5.54 Å². The fourth-order valence-corrected chi connectivity index (χ4v) is 3.82. The summed E-state index contributed by atoms with van der Waals surface area (Å²) in [4.78, 5) is 13.9. The molecule has 4 nitrogen and oxygen atoms in total. The summed E-state index contributed by atoms with van der Waals surface area (Å²) < 4.78 is 5.19. The first-order valence-electron chi connectivity index (χ1n) is 7.45. The molecular formula is C15H28N2O2. The monoisotopic (exact) mass is 268 g/mol. The summed E-state index contributed by atoms with van der Waals surface area (Å²) in [5.74, 6) is 0.247. The molecule has 2 rings (SSSR count). The van der Waals surface area contributed by atoms with Crippen LogP contribution in [0.4, 0.5) is 0 Å². The summed E-state index contributed by atoms with van der Waals surface area (Å²) in [5.41, 5.74) is 0.577. The van der Waals surface area contributed by atoms with Gasteiger partial charge in [0.1, 0.15) is 0 Å². The maximum Gasteiger partial charge on any atom is 0.220 e. The highest BCUT2D eigenvalue weighted by atomic mass is 16.5. The molecule has 1 N–H and O–H groups in total. The number of rotatable bonds is 5. The summed E-state index contributed by atoms with van der Waals surface area (Å²) in [7, 11) is 6.17. The third-order valence-electron chi connectivity index (χ3n) is 5.38. The van der Waals surface area contributed by atoms with E-state index in [4.69, 9.17) is 4.74 Å². The average Bonchev–Trinajstić information content (AvgIpc) is 2.74. The van der Waals surface area contributed by atoms with Gasteiger partial charge in [-0.25, -0.2) is 0 Å². The first-order valence-corrected chi connectivity index (χ1v) is 7.45. The zero-order valence-electron chi connectivity index (χ0n) is 12.6. The molecule has 110 valence electrons. The van der Waals surface area contributed by atoms with Gasteiger partial charge in [0.15, 0.2) is 0 Å². The molecule has 0 bridgehead atoms. The minimum atomic E-state index is 0.247. The smallest absolute Gasteiger partial charge is 0.220 e. The van der Waals surface area contributed by atoms with Crippen molar-refractivity contribution in [3.05, 3.63) is 0 Å². The molecule has 0 radical (unpaired) electrons. The number of ether oxygens (including phenoxy) is 1. The van der Waals surface area contributed by atoms with Crippen LogP contribution < -0.4 is 5.32 Å². The van der Waals surface area contributed by atoms with Crippen molar-refractivity contribution in [2.45, 2.75) is 50.5 Å². The lowest BCUT2D eigenvalue weighted by molar-refractivity contribution is -0.120. The van der Waals surface area contributed by atoms with Crippen LogP contribution in [0.3, 0.4) is 0 Å². The Hall–Kier alpha value is -0.610. The van der Waals surface area contributed by atoms with E-state index in [1.807, 2.05) is 0 Å². The Morgan fingerprint density at radius 2 is 1.95 bits per heavy atom. The van der Waals surface area contributed by atoms with Gasteiger partial charge in [0.05, 0.1) is 0 Å². The Morgan fingerprint density at radius 3 is 2.42 bits per heavy atom. The zero-order chi connectivity index (χ0) is 13.9. The van der Waals surface area contributed by atoms with Crippen LogP contribution in [0.5, 0.6) is 0 Å². The van der Waals surface area contributed by atoms with Crippen LogP contribution in [0.1, 0.15) is 44.9 Å². The third-order valence-corrected chi connectivity index (χ3v) is 5.38. The van der Waals surface area contributed by atoms with Gasteiger partial charge < -0.3 is 15.0 Å². The fraction of sp³-hybridized carbons (Fsp3) is 0.933. The third kappa shape index (κ3) is 3.11. The summed E-state index contributed by atoms with van der Waals surface area (Å²) >= 11 is 0. The molecule has 0 atom stereocenters. The molecule has 0 aromatic rings. The molecule has 0 unspecified atom stereocenters. The maximum absolute atomic E-state index is 11.5. The molecule has 19 heavy (non-hydrogen) atoms. The number of hydrogen-bond donors (Lipinski definition) is 1. The van der Waals surface area contributed by atoms with Gasteiger partial charge in [0, 0.05) is 32.2 Å². The van der Waals surface area contributed by atoms with E-state index < -0.39 is 0 Å². The molecule has 1 saturated heterocycles. The summed E-state index contributed by atoms with van der Waals surface area (Å²) in [5, 5.41) is 3.02. The maximum atomic E-state index is 11.5. The Labute approximate surface area is 116 Å². The van der Waals surface area contributed by atoms with Crippen LogP contribution >= 0.6 is 0 Å². The first kappa shape index (κ1) is 14.8. The Morgan fingerprint density at radius 1 is 1.26 bits per heavy atom. The lowest BCUT2D eigenvalue weighted by Gasteiger charge is -2.48. The summed E-state index contributed by atoms with van der Waals surface area (Å²) in [6, 6.07) is 0. The van der Waals surface area contributed by atoms with Gasteiger partial charge in [-0.15, -0.1) is 0 Å². The molecule has 1 aliphatic carbocycles. The number of nitrogens with zero attached hydrogens (tertiary/aromatic N) is 1. The van der Waals surface area contributed by atoms with Crippen molar-refractivity contribution in [3.8, 4) is 0 Å². The number of hydrogen-bond acceptors (Lipinski definition) is 3. The molecule has 0 aromatic heterocycles. The van der Waals surface area contributed by atoms with Crippen LogP contribution in [-0.4, -0.2) is 50.7 Å². The van der Waals surface area contributed by atoms with E-state index >= 15 is 0 Å². The molecule has 4 heteroatoms. The van der Waals surface area contributed by atoms with Crippen molar-refractivity contribution in [1.29, 1.82) is 0 Å². The van der Waals surface area contributed by atoms with Gasteiger partial charge >= 0.3 is 0 Å². The second-order valence-corrected chi connectivity index (χ2v) is 6.67. The van der Waals surface area contributed by atoms with Crippen LogP contribution in [0, 0.1) is 5.41 Å². The molecule has 1 aliphatic heterocycles. The summed E-state index contributed by atoms with van der Waals surface area (Å²) in [6.07, 6.45) is 7.84. The predicted octanol–water partition coefficient (Wildman–Crippen LogP) is 1.79. The lowest BCUT2D eigenvalue weighted by atomic mass is 9.65. The Balaban J connectivity index is 1.95. The molecule has 2 aliphatic rings. The van der Waals surface area contributed by atoms with Crippen LogP contribution in [0.25, 0.3) is 0 Å². The van der Waals surface area contributed by atoms with Crippen molar-refractivity contribution < 1.29 is 9.53 Å². The highest BCUT2D eigenvalue weighted by molar-refractivity contribution is 5.79. The molecule has 1 saturated carbocycles. The largest absolute Gasteiger partial charge is 0.385 e. The van der Waals surface area contributed by atoms with E-state index in [9.17, 15) is 4.79 Å². The quantitative estimate of drug-likeness (QED) is 0.773. The van der Waals surface area contributed by atoms with Crippen LogP contribution in [0.2, 0.25) is 0 Å². The standard InChI is InChI=1S/C15H28N2O2/c1-17(2)15(5-4-10-19-3)8-6-14(7-9-15)11-13(18)16-12-14/h4-12H2,1-3H3,(H,16,18)/t14-,15-. The molecule has 2 fully saturated rings. The number of amides is 1. The van der Waals surface area contributed by atoms with E-state index in [1.165, 1.54) is 32.1 Å². The van der Waals surface area contributed by atoms with Crippen molar-refractivity contribution in [3.63, 3.8) is 0 Å². The number of nitrogens with one attached hydrogen (secondary N) is 1. The second kappa shape index (κ2) is 5.80. The Kier molecular flexibility index (Phi) is 4.51. The molecular weight excluding hydrogens is 240 g/mol. The van der Waals surface area contributed by atoms with E-state index in [-0.39, 0.29) is 11.3 Å². The van der Waals surface area contributed by atoms with Gasteiger partial charge in [-0.3, -0.25) is 4.79 Å². The highest BCUT2D eigenvalue weighted by Gasteiger charge is 2.46. The van der Waals surface area contributed by atoms with Gasteiger partial charge in [-0.1, -0.05) is 0 Å². The predicted molar refractivity (Wildman–Crippen MR) is 76.1 cm³/mol. The minimum Gasteiger partial charge on any atom is -0.385 e. The first-order chi connectivity index (χ1) is 9.02. The topological polar surface area (TPSA) is 41.6 Å². The molecule has 1 heterocycles. The molecule has 1 spiro atoms.